The molecule has 5 aromatic rings. The maximum Gasteiger partial charge on any atom is 0.435 e. The molecular weight excluding hydrogens is 533 g/mol. The van der Waals surface area contributed by atoms with E-state index in [9.17, 15) is 18.0 Å². The molecule has 0 radical (unpaired) electrons. The fourth-order valence-electron chi connectivity index (χ4n) is 5.39. The fourth-order valence-corrected chi connectivity index (χ4v) is 5.39. The minimum atomic E-state index is -4.73. The number of nitrogens with zero attached hydrogens (tertiary/aromatic N) is 5. The fraction of sp³-hybridized carbons (Fsp3) is 0.233. The van der Waals surface area contributed by atoms with Crippen LogP contribution in [0.4, 0.5) is 24.7 Å². The van der Waals surface area contributed by atoms with Crippen molar-refractivity contribution in [2.24, 2.45) is 0 Å². The first-order valence-corrected chi connectivity index (χ1v) is 13.1. The Kier molecular flexibility index (Phi) is 6.53. The van der Waals surface area contributed by atoms with Gasteiger partial charge in [-0.2, -0.15) is 18.3 Å². The Bertz CT molecular complexity index is 1750. The van der Waals surface area contributed by atoms with Crippen molar-refractivity contribution in [2.45, 2.75) is 25.6 Å². The SMILES string of the molecule is CN(C)Cc1ccccc1-c1ccc(N2CCCc3c(C(F)(F)F)nn(-c4ccc5onc(N)c5c4)c3C2=O)cc1. The average Bonchev–Trinajstić information content (AvgIpc) is 3.46. The van der Waals surface area contributed by atoms with Crippen LogP contribution >= 0.6 is 0 Å². The van der Waals surface area contributed by atoms with Crippen molar-refractivity contribution in [3.05, 3.63) is 89.2 Å². The van der Waals surface area contributed by atoms with Gasteiger partial charge in [0.05, 0.1) is 11.1 Å². The molecule has 3 heterocycles. The quantitative estimate of drug-likeness (QED) is 0.286. The molecule has 0 atom stereocenters. The number of aromatic nitrogens is 3. The summed E-state index contributed by atoms with van der Waals surface area (Å²) in [5.41, 5.74) is 9.03. The first kappa shape index (κ1) is 26.6. The van der Waals surface area contributed by atoms with Crippen LogP contribution in [0.25, 0.3) is 27.8 Å². The maximum absolute atomic E-state index is 14.1. The van der Waals surface area contributed by atoms with Crippen LogP contribution in [0.5, 0.6) is 0 Å². The number of amides is 1. The van der Waals surface area contributed by atoms with Gasteiger partial charge in [0.15, 0.2) is 17.1 Å². The van der Waals surface area contributed by atoms with E-state index >= 15 is 0 Å². The number of nitrogen functional groups attached to an aromatic ring is 1. The molecule has 2 aromatic heterocycles. The Balaban J connectivity index is 1.41. The molecule has 1 aliphatic rings. The van der Waals surface area contributed by atoms with Gasteiger partial charge >= 0.3 is 6.18 Å². The summed E-state index contributed by atoms with van der Waals surface area (Å²) in [4.78, 5) is 17.6. The van der Waals surface area contributed by atoms with Gasteiger partial charge in [-0.1, -0.05) is 41.6 Å². The van der Waals surface area contributed by atoms with Crippen LogP contribution in [-0.2, 0) is 19.1 Å². The number of hydrogen-bond donors (Lipinski definition) is 1. The second-order valence-electron chi connectivity index (χ2n) is 10.3. The number of carbonyl (C=O) groups is 1. The summed E-state index contributed by atoms with van der Waals surface area (Å²) < 4.78 is 48.6. The number of carbonyl (C=O) groups excluding carboxylic acids is 1. The number of alkyl halides is 3. The van der Waals surface area contributed by atoms with Crippen LogP contribution in [0.1, 0.15) is 33.7 Å². The number of anilines is 2. The van der Waals surface area contributed by atoms with Crippen LogP contribution in [0.15, 0.2) is 71.3 Å². The van der Waals surface area contributed by atoms with Gasteiger partial charge in [0.2, 0.25) is 0 Å². The van der Waals surface area contributed by atoms with Gasteiger partial charge < -0.3 is 20.1 Å². The summed E-state index contributed by atoms with van der Waals surface area (Å²) in [6, 6.07) is 20.2. The molecule has 0 fully saturated rings. The highest BCUT2D eigenvalue weighted by molar-refractivity contribution is 6.07. The highest BCUT2D eigenvalue weighted by Gasteiger charge is 2.42. The lowest BCUT2D eigenvalue weighted by Gasteiger charge is -2.22. The van der Waals surface area contributed by atoms with E-state index in [1.165, 1.54) is 17.0 Å². The van der Waals surface area contributed by atoms with E-state index in [2.05, 4.69) is 21.2 Å². The summed E-state index contributed by atoms with van der Waals surface area (Å²) in [6.45, 7) is 1.03. The van der Waals surface area contributed by atoms with Gasteiger partial charge in [-0.3, -0.25) is 4.79 Å². The molecule has 0 saturated heterocycles. The molecule has 6 rings (SSSR count). The summed E-state index contributed by atoms with van der Waals surface area (Å²) >= 11 is 0. The third-order valence-corrected chi connectivity index (χ3v) is 7.23. The Morgan fingerprint density at radius 2 is 1.76 bits per heavy atom. The number of nitrogens with two attached hydrogens (primary N) is 1. The molecule has 2 N–H and O–H groups in total. The molecule has 8 nitrogen and oxygen atoms in total. The standard InChI is InChI=1S/C30H27F3N6O2/c1-37(2)17-19-6-3-4-7-22(19)18-9-11-20(12-10-18)38-15-5-8-23-26(29(38)40)39(35-27(23)30(31,32)33)21-13-14-25-24(16-21)28(34)36-41-25/h3-4,6-7,9-14,16H,5,8,15,17H2,1-2H3,(H2,34,36). The normalized spacial score (nSPS) is 14.1. The van der Waals surface area contributed by atoms with Crippen molar-refractivity contribution < 1.29 is 22.5 Å². The molecule has 210 valence electrons. The lowest BCUT2D eigenvalue weighted by atomic mass is 9.99. The van der Waals surface area contributed by atoms with Gasteiger partial charge in [0.25, 0.3) is 5.91 Å². The first-order chi connectivity index (χ1) is 19.6. The third kappa shape index (κ3) is 4.82. The molecule has 0 unspecified atom stereocenters. The van der Waals surface area contributed by atoms with E-state index in [4.69, 9.17) is 10.3 Å². The van der Waals surface area contributed by atoms with Crippen molar-refractivity contribution in [3.63, 3.8) is 0 Å². The molecule has 0 bridgehead atoms. The number of hydrogen-bond acceptors (Lipinski definition) is 6. The highest BCUT2D eigenvalue weighted by atomic mass is 19.4. The predicted octanol–water partition coefficient (Wildman–Crippen LogP) is 5.94. The summed E-state index contributed by atoms with van der Waals surface area (Å²) in [5.74, 6) is -0.462. The molecule has 1 amide bonds. The van der Waals surface area contributed by atoms with Crippen molar-refractivity contribution in [2.75, 3.05) is 31.3 Å². The van der Waals surface area contributed by atoms with Crippen molar-refractivity contribution in [1.82, 2.24) is 19.8 Å². The van der Waals surface area contributed by atoms with Crippen LogP contribution in [-0.4, -0.2) is 46.4 Å². The van der Waals surface area contributed by atoms with Crippen molar-refractivity contribution in [3.8, 4) is 16.8 Å². The number of benzene rings is 3. The molecule has 0 saturated carbocycles. The van der Waals surface area contributed by atoms with E-state index < -0.39 is 17.8 Å². The summed E-state index contributed by atoms with van der Waals surface area (Å²) in [6.07, 6.45) is -4.33. The first-order valence-electron chi connectivity index (χ1n) is 13.1. The molecular formula is C30H27F3N6O2. The van der Waals surface area contributed by atoms with Crippen LogP contribution in [0, 0.1) is 0 Å². The van der Waals surface area contributed by atoms with Gasteiger partial charge in [0.1, 0.15) is 5.69 Å². The topological polar surface area (TPSA) is 93.4 Å². The van der Waals surface area contributed by atoms with Gasteiger partial charge in [0, 0.05) is 24.3 Å². The zero-order valence-corrected chi connectivity index (χ0v) is 22.4. The van der Waals surface area contributed by atoms with E-state index in [1.54, 1.807) is 6.07 Å². The lowest BCUT2D eigenvalue weighted by molar-refractivity contribution is -0.141. The number of fused-ring (bicyclic) bond motifs is 2. The largest absolute Gasteiger partial charge is 0.435 e. The van der Waals surface area contributed by atoms with Gasteiger partial charge in [-0.05, 0) is 74.0 Å². The third-order valence-electron chi connectivity index (χ3n) is 7.23. The Morgan fingerprint density at radius 3 is 2.49 bits per heavy atom. The van der Waals surface area contributed by atoms with E-state index in [0.29, 0.717) is 23.1 Å². The smallest absolute Gasteiger partial charge is 0.380 e. The Morgan fingerprint density at radius 1 is 1.02 bits per heavy atom. The monoisotopic (exact) mass is 560 g/mol. The summed E-state index contributed by atoms with van der Waals surface area (Å²) in [5, 5.41) is 8.04. The van der Waals surface area contributed by atoms with Crippen molar-refractivity contribution >= 4 is 28.4 Å². The average molecular weight is 561 g/mol. The molecule has 0 aliphatic carbocycles. The highest BCUT2D eigenvalue weighted by Crippen LogP contribution is 2.37. The van der Waals surface area contributed by atoms with E-state index in [-0.39, 0.29) is 35.7 Å². The Hall–Kier alpha value is -4.64. The second kappa shape index (κ2) is 10.1. The van der Waals surface area contributed by atoms with E-state index in [1.807, 2.05) is 56.6 Å². The minimum Gasteiger partial charge on any atom is -0.380 e. The molecule has 11 heteroatoms. The lowest BCUT2D eigenvalue weighted by Crippen LogP contribution is -2.32. The molecule has 41 heavy (non-hydrogen) atoms. The van der Waals surface area contributed by atoms with Crippen LogP contribution < -0.4 is 10.6 Å². The minimum absolute atomic E-state index is 0.0556. The number of halogens is 3. The molecule has 0 spiro atoms. The number of rotatable bonds is 5. The van der Waals surface area contributed by atoms with Crippen LogP contribution in [0.3, 0.4) is 0 Å². The van der Waals surface area contributed by atoms with Gasteiger partial charge in [-0.15, -0.1) is 0 Å². The summed E-state index contributed by atoms with van der Waals surface area (Å²) in [7, 11) is 4.01. The van der Waals surface area contributed by atoms with Crippen LogP contribution in [0.2, 0.25) is 0 Å². The van der Waals surface area contributed by atoms with Crippen molar-refractivity contribution in [1.29, 1.82) is 0 Å². The molecule has 3 aromatic carbocycles. The van der Waals surface area contributed by atoms with Gasteiger partial charge in [-0.25, -0.2) is 4.68 Å². The second-order valence-corrected chi connectivity index (χ2v) is 10.3. The predicted molar refractivity (Wildman–Crippen MR) is 150 cm³/mol. The Labute approximate surface area is 233 Å². The maximum atomic E-state index is 14.1. The zero-order chi connectivity index (χ0) is 28.9. The molecule has 1 aliphatic heterocycles. The zero-order valence-electron chi connectivity index (χ0n) is 22.4. The van der Waals surface area contributed by atoms with E-state index in [0.717, 1.165) is 27.9 Å².